The van der Waals surface area contributed by atoms with Crippen molar-refractivity contribution in [1.29, 1.82) is 0 Å². The predicted molar refractivity (Wildman–Crippen MR) is 101 cm³/mol. The number of nitrogens with zero attached hydrogens (tertiary/aromatic N) is 1. The van der Waals surface area contributed by atoms with Crippen LogP contribution in [0, 0.1) is 5.92 Å². The van der Waals surface area contributed by atoms with Crippen molar-refractivity contribution in [3.63, 3.8) is 0 Å². The number of rotatable bonds is 6. The fourth-order valence-corrected chi connectivity index (χ4v) is 5.37. The van der Waals surface area contributed by atoms with Crippen LogP contribution in [-0.4, -0.2) is 58.1 Å². The molecule has 2 atom stereocenters. The lowest BCUT2D eigenvalue weighted by Gasteiger charge is -2.31. The Labute approximate surface area is 165 Å². The van der Waals surface area contributed by atoms with Gasteiger partial charge in [-0.2, -0.15) is 4.31 Å². The van der Waals surface area contributed by atoms with Crippen molar-refractivity contribution in [2.24, 2.45) is 5.92 Å². The number of benzene rings is 1. The first kappa shape index (κ1) is 20.4. The van der Waals surface area contributed by atoms with Gasteiger partial charge in [0.05, 0.1) is 29.0 Å². The van der Waals surface area contributed by atoms with Crippen molar-refractivity contribution in [3.05, 3.63) is 23.2 Å². The number of hydrogen-bond donors (Lipinski definition) is 1. The smallest absolute Gasteiger partial charge is 0.243 e. The van der Waals surface area contributed by atoms with Gasteiger partial charge in [0, 0.05) is 26.2 Å². The second-order valence-corrected chi connectivity index (χ2v) is 9.22. The molecule has 1 N–H and O–H groups in total. The van der Waals surface area contributed by atoms with Crippen LogP contribution < -0.4 is 10.1 Å². The van der Waals surface area contributed by atoms with E-state index in [4.69, 9.17) is 21.1 Å². The van der Waals surface area contributed by atoms with Gasteiger partial charge in [0.15, 0.2) is 0 Å². The first-order valence-electron chi connectivity index (χ1n) is 9.15. The van der Waals surface area contributed by atoms with Gasteiger partial charge >= 0.3 is 0 Å². The number of carbonyl (C=O) groups excluding carboxylic acids is 1. The van der Waals surface area contributed by atoms with E-state index in [2.05, 4.69) is 5.32 Å². The minimum absolute atomic E-state index is 0.0683. The summed E-state index contributed by atoms with van der Waals surface area (Å²) in [5, 5.41) is 3.14. The molecule has 2 aliphatic rings. The third-order valence-electron chi connectivity index (χ3n) is 5.04. The molecule has 2 aliphatic heterocycles. The van der Waals surface area contributed by atoms with Gasteiger partial charge in [0.25, 0.3) is 0 Å². The second kappa shape index (κ2) is 8.77. The summed E-state index contributed by atoms with van der Waals surface area (Å²) in [6.07, 6.45) is 3.34. The number of amides is 1. The zero-order chi connectivity index (χ0) is 19.4. The number of ether oxygens (including phenoxy) is 2. The van der Waals surface area contributed by atoms with E-state index in [9.17, 15) is 13.2 Å². The van der Waals surface area contributed by atoms with Crippen molar-refractivity contribution < 1.29 is 22.7 Å². The lowest BCUT2D eigenvalue weighted by Crippen LogP contribution is -2.46. The van der Waals surface area contributed by atoms with Crippen LogP contribution >= 0.6 is 11.6 Å². The van der Waals surface area contributed by atoms with Crippen LogP contribution in [-0.2, 0) is 19.6 Å². The van der Waals surface area contributed by atoms with Crippen molar-refractivity contribution in [2.45, 2.75) is 36.7 Å². The first-order valence-corrected chi connectivity index (χ1v) is 11.0. The van der Waals surface area contributed by atoms with Gasteiger partial charge in [0.2, 0.25) is 15.9 Å². The molecule has 2 fully saturated rings. The summed E-state index contributed by atoms with van der Waals surface area (Å²) < 4.78 is 37.8. The molecule has 0 unspecified atom stereocenters. The summed E-state index contributed by atoms with van der Waals surface area (Å²) in [5.74, 6) is -0.0533. The molecular formula is C18H25ClN2O5S. The predicted octanol–water partition coefficient (Wildman–Crippen LogP) is 2.04. The van der Waals surface area contributed by atoms with E-state index in [0.29, 0.717) is 31.7 Å². The van der Waals surface area contributed by atoms with Crippen molar-refractivity contribution >= 4 is 27.5 Å². The molecule has 0 spiro atoms. The molecule has 0 aliphatic carbocycles. The Hall–Kier alpha value is -1.35. The van der Waals surface area contributed by atoms with Gasteiger partial charge in [-0.25, -0.2) is 8.42 Å². The fourth-order valence-electron chi connectivity index (χ4n) is 3.50. The van der Waals surface area contributed by atoms with Gasteiger partial charge in [-0.1, -0.05) is 11.6 Å². The standard InChI is InChI=1S/C18H25ClN2O5S/c1-25-17-7-6-15(10-16(17)19)27(23,24)21-8-2-4-13(12-21)18(22)20-11-14-5-3-9-26-14/h6-7,10,13-14H,2-5,8-9,11-12H2,1H3,(H,20,22)/t13-,14-/m0/s1. The minimum Gasteiger partial charge on any atom is -0.495 e. The highest BCUT2D eigenvalue weighted by molar-refractivity contribution is 7.89. The molecule has 0 saturated carbocycles. The Morgan fingerprint density at radius 1 is 1.37 bits per heavy atom. The Balaban J connectivity index is 1.65. The molecule has 1 amide bonds. The maximum atomic E-state index is 12.9. The molecular weight excluding hydrogens is 392 g/mol. The highest BCUT2D eigenvalue weighted by Crippen LogP contribution is 2.30. The number of nitrogens with one attached hydrogen (secondary N) is 1. The van der Waals surface area contributed by atoms with Gasteiger partial charge in [0.1, 0.15) is 5.75 Å². The number of halogens is 1. The molecule has 9 heteroatoms. The molecule has 7 nitrogen and oxygen atoms in total. The molecule has 3 rings (SSSR count). The molecule has 1 aromatic rings. The average molecular weight is 417 g/mol. The van der Waals surface area contributed by atoms with Gasteiger partial charge in [-0.3, -0.25) is 4.79 Å². The van der Waals surface area contributed by atoms with Gasteiger partial charge in [-0.05, 0) is 43.9 Å². The van der Waals surface area contributed by atoms with Crippen LogP contribution in [0.25, 0.3) is 0 Å². The van der Waals surface area contributed by atoms with Gasteiger partial charge in [-0.15, -0.1) is 0 Å². The lowest BCUT2D eigenvalue weighted by atomic mass is 9.99. The summed E-state index contributed by atoms with van der Waals surface area (Å²) >= 11 is 6.07. The monoisotopic (exact) mass is 416 g/mol. The van der Waals surface area contributed by atoms with E-state index in [0.717, 1.165) is 19.4 Å². The summed E-state index contributed by atoms with van der Waals surface area (Å²) in [6.45, 7) is 1.78. The van der Waals surface area contributed by atoms with E-state index in [1.54, 1.807) is 0 Å². The minimum atomic E-state index is -3.72. The van der Waals surface area contributed by atoms with E-state index in [1.807, 2.05) is 0 Å². The third-order valence-corrected chi connectivity index (χ3v) is 7.20. The highest BCUT2D eigenvalue weighted by atomic mass is 35.5. The third kappa shape index (κ3) is 4.74. The van der Waals surface area contributed by atoms with Crippen molar-refractivity contribution in [2.75, 3.05) is 33.4 Å². The largest absolute Gasteiger partial charge is 0.495 e. The normalized spacial score (nSPS) is 23.9. The summed E-state index contributed by atoms with van der Waals surface area (Å²) in [4.78, 5) is 12.6. The molecule has 150 valence electrons. The molecule has 27 heavy (non-hydrogen) atoms. The van der Waals surface area contributed by atoms with Gasteiger partial charge < -0.3 is 14.8 Å². The Kier molecular flexibility index (Phi) is 6.62. The number of methoxy groups -OCH3 is 1. The molecule has 2 saturated heterocycles. The van der Waals surface area contributed by atoms with Crippen LogP contribution in [0.2, 0.25) is 5.02 Å². The summed E-state index contributed by atoms with van der Waals surface area (Å²) in [6, 6.07) is 4.39. The average Bonchev–Trinajstić information content (AvgIpc) is 3.19. The van der Waals surface area contributed by atoms with E-state index in [1.165, 1.54) is 29.6 Å². The zero-order valence-electron chi connectivity index (χ0n) is 15.3. The number of piperidine rings is 1. The van der Waals surface area contributed by atoms with Crippen LogP contribution in [0.4, 0.5) is 0 Å². The zero-order valence-corrected chi connectivity index (χ0v) is 16.9. The van der Waals surface area contributed by atoms with Crippen molar-refractivity contribution in [3.8, 4) is 5.75 Å². The van der Waals surface area contributed by atoms with Crippen LogP contribution in [0.5, 0.6) is 5.75 Å². The molecule has 1 aromatic carbocycles. The first-order chi connectivity index (χ1) is 12.9. The maximum absolute atomic E-state index is 12.9. The SMILES string of the molecule is COc1ccc(S(=O)(=O)N2CCC[C@H](C(=O)NC[C@@H]3CCCO3)C2)cc1Cl. The molecule has 2 heterocycles. The van der Waals surface area contributed by atoms with E-state index < -0.39 is 10.0 Å². The highest BCUT2D eigenvalue weighted by Gasteiger charge is 2.33. The van der Waals surface area contributed by atoms with Crippen molar-refractivity contribution in [1.82, 2.24) is 9.62 Å². The second-order valence-electron chi connectivity index (χ2n) is 6.88. The summed E-state index contributed by atoms with van der Waals surface area (Å²) in [5.41, 5.74) is 0. The van der Waals surface area contributed by atoms with E-state index in [-0.39, 0.29) is 34.4 Å². The summed E-state index contributed by atoms with van der Waals surface area (Å²) in [7, 11) is -2.25. The number of hydrogen-bond acceptors (Lipinski definition) is 5. The number of carbonyl (C=O) groups is 1. The Morgan fingerprint density at radius 2 is 2.19 bits per heavy atom. The van der Waals surface area contributed by atoms with Crippen LogP contribution in [0.1, 0.15) is 25.7 Å². The quantitative estimate of drug-likeness (QED) is 0.767. The lowest BCUT2D eigenvalue weighted by molar-refractivity contribution is -0.126. The van der Waals surface area contributed by atoms with Crippen LogP contribution in [0.15, 0.2) is 23.1 Å². The fraction of sp³-hybridized carbons (Fsp3) is 0.611. The molecule has 0 radical (unpaired) electrons. The molecule has 0 aromatic heterocycles. The Bertz CT molecular complexity index is 780. The van der Waals surface area contributed by atoms with Crippen LogP contribution in [0.3, 0.4) is 0 Å². The molecule has 0 bridgehead atoms. The number of sulfonamides is 1. The topological polar surface area (TPSA) is 84.9 Å². The maximum Gasteiger partial charge on any atom is 0.243 e. The van der Waals surface area contributed by atoms with E-state index >= 15 is 0 Å². The Morgan fingerprint density at radius 3 is 2.85 bits per heavy atom.